The second kappa shape index (κ2) is 3.46. The number of halogens is 3. The van der Waals surface area contributed by atoms with Crippen molar-refractivity contribution in [1.29, 1.82) is 0 Å². The summed E-state index contributed by atoms with van der Waals surface area (Å²) in [5.41, 5.74) is 0. The second-order valence-electron chi connectivity index (χ2n) is 2.23. The zero-order chi connectivity index (χ0) is 6.91. The fourth-order valence-electron chi connectivity index (χ4n) is 0.810. The van der Waals surface area contributed by atoms with Crippen molar-refractivity contribution in [2.45, 2.75) is 18.4 Å². The van der Waals surface area contributed by atoms with Crippen LogP contribution in [0.15, 0.2) is 0 Å². The van der Waals surface area contributed by atoms with Crippen molar-refractivity contribution in [3.8, 4) is 0 Å². The Morgan fingerprint density at radius 3 is 2.40 bits per heavy atom. The summed E-state index contributed by atoms with van der Waals surface area (Å²) < 4.78 is 24.6. The Bertz CT molecular complexity index is 112. The lowest BCUT2D eigenvalue weighted by molar-refractivity contribution is -0.123. The van der Waals surface area contributed by atoms with Crippen molar-refractivity contribution < 1.29 is 13.9 Å². The first-order chi connectivity index (χ1) is 4.13. The second-order valence-corrected chi connectivity index (χ2v) is 2.23. The first-order valence-electron chi connectivity index (χ1n) is 2.89. The molecule has 0 amide bonds. The molecule has 10 heavy (non-hydrogen) atoms. The van der Waals surface area contributed by atoms with E-state index < -0.39 is 12.0 Å². The monoisotopic (exact) mass is 173 g/mol. The normalized spacial score (nSPS) is 30.9. The number of hydrogen-bond acceptors (Lipinski definition) is 2. The molecule has 0 aromatic carbocycles. The molecule has 0 bridgehead atoms. The molecule has 62 valence electrons. The number of β-amino-alcohol motifs (C(OH)–C–C–N with tert-alkyl or cyclic N) is 1. The van der Waals surface area contributed by atoms with E-state index >= 15 is 0 Å². The van der Waals surface area contributed by atoms with Crippen molar-refractivity contribution in [3.63, 3.8) is 0 Å². The van der Waals surface area contributed by atoms with Gasteiger partial charge in [-0.2, -0.15) is 0 Å². The molecule has 1 aliphatic rings. The average molecular weight is 174 g/mol. The van der Waals surface area contributed by atoms with E-state index in [9.17, 15) is 8.78 Å². The highest BCUT2D eigenvalue weighted by Crippen LogP contribution is 2.24. The lowest BCUT2D eigenvalue weighted by atomic mass is 10.1. The Morgan fingerprint density at radius 1 is 1.50 bits per heavy atom. The van der Waals surface area contributed by atoms with Crippen LogP contribution in [0.2, 0.25) is 0 Å². The standard InChI is InChI=1S/C5H9F2NO.ClH/c6-5(7)1-2-8-3-4(5)9;/h4,8-9H,1-3H2;1H/t4-;/m1./s1. The van der Waals surface area contributed by atoms with E-state index in [-0.39, 0.29) is 25.4 Å². The van der Waals surface area contributed by atoms with Crippen molar-refractivity contribution in [2.75, 3.05) is 13.1 Å². The summed E-state index contributed by atoms with van der Waals surface area (Å²) in [5.74, 6) is -2.87. The number of alkyl halides is 2. The average Bonchev–Trinajstić information content (AvgIpc) is 1.77. The predicted octanol–water partition coefficient (Wildman–Crippen LogP) is 0.398. The van der Waals surface area contributed by atoms with Crippen LogP contribution in [0.1, 0.15) is 6.42 Å². The van der Waals surface area contributed by atoms with Crippen molar-refractivity contribution >= 4 is 12.4 Å². The number of piperidine rings is 1. The van der Waals surface area contributed by atoms with Crippen LogP contribution in [0.4, 0.5) is 8.78 Å². The van der Waals surface area contributed by atoms with E-state index in [4.69, 9.17) is 5.11 Å². The molecule has 2 N–H and O–H groups in total. The minimum atomic E-state index is -2.87. The highest BCUT2D eigenvalue weighted by atomic mass is 35.5. The molecular weight excluding hydrogens is 164 g/mol. The molecule has 1 fully saturated rings. The lowest BCUT2D eigenvalue weighted by Gasteiger charge is -2.27. The third kappa shape index (κ3) is 2.04. The van der Waals surface area contributed by atoms with Crippen LogP contribution in [-0.4, -0.2) is 30.2 Å². The Morgan fingerprint density at radius 2 is 2.10 bits per heavy atom. The van der Waals surface area contributed by atoms with Gasteiger partial charge in [0, 0.05) is 19.5 Å². The van der Waals surface area contributed by atoms with Crippen molar-refractivity contribution in [2.24, 2.45) is 0 Å². The Kier molecular flexibility index (Phi) is 3.48. The van der Waals surface area contributed by atoms with Gasteiger partial charge in [-0.05, 0) is 0 Å². The summed E-state index contributed by atoms with van der Waals surface area (Å²) in [6.07, 6.45) is -1.75. The van der Waals surface area contributed by atoms with E-state index in [2.05, 4.69) is 5.32 Å². The molecule has 0 radical (unpaired) electrons. The van der Waals surface area contributed by atoms with Gasteiger partial charge in [-0.25, -0.2) is 8.78 Å². The highest BCUT2D eigenvalue weighted by molar-refractivity contribution is 5.85. The maximum atomic E-state index is 12.3. The summed E-state index contributed by atoms with van der Waals surface area (Å²) in [6.45, 7) is 0.303. The van der Waals surface area contributed by atoms with Crippen LogP contribution in [0.3, 0.4) is 0 Å². The van der Waals surface area contributed by atoms with Crippen LogP contribution >= 0.6 is 12.4 Å². The van der Waals surface area contributed by atoms with Gasteiger partial charge in [0.2, 0.25) is 0 Å². The minimum absolute atomic E-state index is 0. The molecule has 1 rings (SSSR count). The SMILES string of the molecule is Cl.O[C@@H]1CNCCC1(F)F. The summed E-state index contributed by atoms with van der Waals surface area (Å²) in [7, 11) is 0. The Labute approximate surface area is 64.0 Å². The van der Waals surface area contributed by atoms with Crippen LogP contribution in [0, 0.1) is 0 Å². The maximum absolute atomic E-state index is 12.3. The molecule has 1 aliphatic heterocycles. The van der Waals surface area contributed by atoms with E-state index in [0.717, 1.165) is 0 Å². The van der Waals surface area contributed by atoms with Crippen molar-refractivity contribution in [3.05, 3.63) is 0 Å². The summed E-state index contributed by atoms with van der Waals surface area (Å²) in [4.78, 5) is 0. The molecule has 0 aromatic rings. The third-order valence-corrected chi connectivity index (χ3v) is 1.46. The quantitative estimate of drug-likeness (QED) is 0.556. The Balaban J connectivity index is 0.000000810. The van der Waals surface area contributed by atoms with Crippen LogP contribution in [0.5, 0.6) is 0 Å². The van der Waals surface area contributed by atoms with E-state index in [0.29, 0.717) is 6.54 Å². The molecule has 0 spiro atoms. The highest BCUT2D eigenvalue weighted by Gasteiger charge is 2.39. The van der Waals surface area contributed by atoms with Gasteiger partial charge < -0.3 is 10.4 Å². The van der Waals surface area contributed by atoms with Gasteiger partial charge in [-0.15, -0.1) is 12.4 Å². The fraction of sp³-hybridized carbons (Fsp3) is 1.00. The number of aliphatic hydroxyl groups is 1. The minimum Gasteiger partial charge on any atom is -0.386 e. The van der Waals surface area contributed by atoms with Gasteiger partial charge in [0.15, 0.2) is 0 Å². The van der Waals surface area contributed by atoms with Crippen LogP contribution in [0.25, 0.3) is 0 Å². The number of hydrogen-bond donors (Lipinski definition) is 2. The largest absolute Gasteiger partial charge is 0.386 e. The van der Waals surface area contributed by atoms with Gasteiger partial charge in [0.05, 0.1) is 0 Å². The smallest absolute Gasteiger partial charge is 0.275 e. The number of nitrogens with one attached hydrogen (secondary N) is 1. The summed E-state index contributed by atoms with van der Waals surface area (Å²) in [5, 5.41) is 11.3. The molecule has 0 aromatic heterocycles. The molecule has 0 aliphatic carbocycles. The molecule has 1 saturated heterocycles. The predicted molar refractivity (Wildman–Crippen MR) is 35.7 cm³/mol. The Hall–Kier alpha value is 0.0700. The summed E-state index contributed by atoms with van der Waals surface area (Å²) >= 11 is 0. The van der Waals surface area contributed by atoms with E-state index in [1.807, 2.05) is 0 Å². The summed E-state index contributed by atoms with van der Waals surface area (Å²) in [6, 6.07) is 0. The third-order valence-electron chi connectivity index (χ3n) is 1.46. The maximum Gasteiger partial charge on any atom is 0.275 e. The lowest BCUT2D eigenvalue weighted by Crippen LogP contribution is -2.48. The first-order valence-corrected chi connectivity index (χ1v) is 2.89. The molecule has 1 heterocycles. The molecule has 5 heteroatoms. The topological polar surface area (TPSA) is 32.3 Å². The van der Waals surface area contributed by atoms with Gasteiger partial charge in [0.1, 0.15) is 6.10 Å². The van der Waals surface area contributed by atoms with Gasteiger partial charge >= 0.3 is 0 Å². The molecule has 1 atom stereocenters. The van der Waals surface area contributed by atoms with Crippen molar-refractivity contribution in [1.82, 2.24) is 5.32 Å². The van der Waals surface area contributed by atoms with Crippen LogP contribution in [-0.2, 0) is 0 Å². The van der Waals surface area contributed by atoms with Gasteiger partial charge in [-0.3, -0.25) is 0 Å². The molecule has 2 nitrogen and oxygen atoms in total. The first kappa shape index (κ1) is 10.1. The zero-order valence-electron chi connectivity index (χ0n) is 5.31. The zero-order valence-corrected chi connectivity index (χ0v) is 6.13. The molecular formula is C5H10ClF2NO. The van der Waals surface area contributed by atoms with Crippen LogP contribution < -0.4 is 5.32 Å². The number of rotatable bonds is 0. The molecule has 0 unspecified atom stereocenters. The van der Waals surface area contributed by atoms with E-state index in [1.165, 1.54) is 0 Å². The van der Waals surface area contributed by atoms with Gasteiger partial charge in [0.25, 0.3) is 5.92 Å². The fourth-order valence-corrected chi connectivity index (χ4v) is 0.810. The number of aliphatic hydroxyl groups excluding tert-OH is 1. The molecule has 0 saturated carbocycles. The van der Waals surface area contributed by atoms with Gasteiger partial charge in [-0.1, -0.05) is 0 Å². The van der Waals surface area contributed by atoms with E-state index in [1.54, 1.807) is 0 Å².